The lowest BCUT2D eigenvalue weighted by molar-refractivity contribution is 0.411. The summed E-state index contributed by atoms with van der Waals surface area (Å²) >= 11 is 0. The lowest BCUT2D eigenvalue weighted by atomic mass is 10.1. The van der Waals surface area contributed by atoms with Crippen LogP contribution >= 0.6 is 0 Å². The Morgan fingerprint density at radius 3 is 2.67 bits per heavy atom. The second kappa shape index (κ2) is 5.56. The molecule has 2 nitrogen and oxygen atoms in total. The van der Waals surface area contributed by atoms with Gasteiger partial charge in [-0.1, -0.05) is 18.2 Å². The van der Waals surface area contributed by atoms with Gasteiger partial charge in [-0.25, -0.2) is 0 Å². The van der Waals surface area contributed by atoms with Gasteiger partial charge in [0.1, 0.15) is 5.75 Å². The summed E-state index contributed by atoms with van der Waals surface area (Å²) in [7, 11) is 3.65. The second-order valence-electron chi connectivity index (χ2n) is 3.67. The van der Waals surface area contributed by atoms with Gasteiger partial charge in [0.05, 0.1) is 7.11 Å². The molecule has 0 saturated carbocycles. The lowest BCUT2D eigenvalue weighted by Gasteiger charge is -2.06. The van der Waals surface area contributed by atoms with Crippen molar-refractivity contribution in [3.8, 4) is 5.75 Å². The van der Waals surface area contributed by atoms with E-state index in [4.69, 9.17) is 4.74 Å². The molecule has 2 heteroatoms. The lowest BCUT2D eigenvalue weighted by Crippen LogP contribution is -2.17. The van der Waals surface area contributed by atoms with Crippen LogP contribution in [0.1, 0.15) is 18.1 Å². The van der Waals surface area contributed by atoms with Crippen LogP contribution in [0, 0.1) is 6.92 Å². The van der Waals surface area contributed by atoms with Crippen molar-refractivity contribution in [2.24, 2.45) is 0 Å². The average molecular weight is 205 g/mol. The van der Waals surface area contributed by atoms with Gasteiger partial charge in [0, 0.05) is 6.04 Å². The van der Waals surface area contributed by atoms with Gasteiger partial charge in [-0.05, 0) is 44.2 Å². The molecule has 0 heterocycles. The summed E-state index contributed by atoms with van der Waals surface area (Å²) in [6.45, 7) is 4.17. The quantitative estimate of drug-likeness (QED) is 0.816. The van der Waals surface area contributed by atoms with E-state index in [1.165, 1.54) is 5.56 Å². The van der Waals surface area contributed by atoms with Gasteiger partial charge >= 0.3 is 0 Å². The van der Waals surface area contributed by atoms with Gasteiger partial charge in [0.2, 0.25) is 0 Å². The summed E-state index contributed by atoms with van der Waals surface area (Å²) in [6, 6.07) is 6.58. The van der Waals surface area contributed by atoms with E-state index in [2.05, 4.69) is 43.4 Å². The molecule has 0 aliphatic carbocycles. The van der Waals surface area contributed by atoms with E-state index in [1.54, 1.807) is 7.11 Å². The number of rotatable bonds is 4. The standard InChI is InChI=1S/C13H19NO/c1-10-9-12(6-5-11(2)14-3)7-8-13(10)15-4/h5-9,11,14H,1-4H3/b6-5+. The van der Waals surface area contributed by atoms with Gasteiger partial charge in [0.15, 0.2) is 0 Å². The molecule has 0 bridgehead atoms. The minimum absolute atomic E-state index is 0.396. The number of methoxy groups -OCH3 is 1. The first kappa shape index (κ1) is 11.8. The Hall–Kier alpha value is -1.28. The van der Waals surface area contributed by atoms with Crippen molar-refractivity contribution in [1.29, 1.82) is 0 Å². The van der Waals surface area contributed by atoms with E-state index in [0.29, 0.717) is 6.04 Å². The van der Waals surface area contributed by atoms with Gasteiger partial charge in [-0.3, -0.25) is 0 Å². The molecule has 1 aromatic carbocycles. The molecular weight excluding hydrogens is 186 g/mol. The van der Waals surface area contributed by atoms with Gasteiger partial charge < -0.3 is 10.1 Å². The molecule has 0 aromatic heterocycles. The van der Waals surface area contributed by atoms with Crippen LogP contribution in [-0.4, -0.2) is 20.2 Å². The number of hydrogen-bond acceptors (Lipinski definition) is 2. The Bertz CT molecular complexity index is 344. The highest BCUT2D eigenvalue weighted by Crippen LogP contribution is 2.19. The first-order valence-electron chi connectivity index (χ1n) is 5.17. The fourth-order valence-corrected chi connectivity index (χ4v) is 1.36. The van der Waals surface area contributed by atoms with E-state index in [-0.39, 0.29) is 0 Å². The fraction of sp³-hybridized carbons (Fsp3) is 0.385. The Balaban J connectivity index is 2.79. The van der Waals surface area contributed by atoms with E-state index in [9.17, 15) is 0 Å². The monoisotopic (exact) mass is 205 g/mol. The molecule has 1 atom stereocenters. The van der Waals surface area contributed by atoms with E-state index in [0.717, 1.165) is 11.3 Å². The smallest absolute Gasteiger partial charge is 0.121 e. The first-order valence-corrected chi connectivity index (χ1v) is 5.17. The van der Waals surface area contributed by atoms with Crippen molar-refractivity contribution in [3.05, 3.63) is 35.4 Å². The Kier molecular flexibility index (Phi) is 4.37. The predicted molar refractivity (Wildman–Crippen MR) is 65.3 cm³/mol. The third-order valence-corrected chi connectivity index (χ3v) is 2.45. The largest absolute Gasteiger partial charge is 0.496 e. The molecule has 0 saturated heterocycles. The van der Waals surface area contributed by atoms with Crippen LogP contribution in [-0.2, 0) is 0 Å². The fourth-order valence-electron chi connectivity index (χ4n) is 1.36. The van der Waals surface area contributed by atoms with Gasteiger partial charge in [-0.15, -0.1) is 0 Å². The normalized spacial score (nSPS) is 13.1. The van der Waals surface area contributed by atoms with Crippen molar-refractivity contribution in [3.63, 3.8) is 0 Å². The molecular formula is C13H19NO. The van der Waals surface area contributed by atoms with Crippen molar-refractivity contribution < 1.29 is 4.74 Å². The molecule has 0 radical (unpaired) electrons. The summed E-state index contributed by atoms with van der Waals surface area (Å²) in [4.78, 5) is 0. The molecule has 1 aromatic rings. The average Bonchev–Trinajstić information content (AvgIpc) is 2.26. The molecule has 82 valence electrons. The van der Waals surface area contributed by atoms with Crippen molar-refractivity contribution >= 4 is 6.08 Å². The highest BCUT2D eigenvalue weighted by Gasteiger charge is 1.97. The zero-order valence-corrected chi connectivity index (χ0v) is 9.87. The SMILES string of the molecule is CNC(C)/C=C/c1ccc(OC)c(C)c1. The highest BCUT2D eigenvalue weighted by molar-refractivity contribution is 5.53. The van der Waals surface area contributed by atoms with Crippen LogP contribution in [0.3, 0.4) is 0 Å². The van der Waals surface area contributed by atoms with Crippen molar-refractivity contribution in [2.75, 3.05) is 14.2 Å². The van der Waals surface area contributed by atoms with Gasteiger partial charge in [0.25, 0.3) is 0 Å². The maximum atomic E-state index is 5.21. The number of aryl methyl sites for hydroxylation is 1. The maximum Gasteiger partial charge on any atom is 0.121 e. The maximum absolute atomic E-state index is 5.21. The molecule has 15 heavy (non-hydrogen) atoms. The summed E-state index contributed by atoms with van der Waals surface area (Å²) in [5, 5.41) is 3.16. The second-order valence-corrected chi connectivity index (χ2v) is 3.67. The molecule has 0 amide bonds. The number of hydrogen-bond donors (Lipinski definition) is 1. The van der Waals surface area contributed by atoms with Crippen LogP contribution in [0.4, 0.5) is 0 Å². The summed E-state index contributed by atoms with van der Waals surface area (Å²) in [5.41, 5.74) is 2.37. The van der Waals surface area contributed by atoms with Crippen molar-refractivity contribution in [2.45, 2.75) is 19.9 Å². The van der Waals surface area contributed by atoms with Crippen molar-refractivity contribution in [1.82, 2.24) is 5.32 Å². The van der Waals surface area contributed by atoms with E-state index in [1.807, 2.05) is 13.1 Å². The van der Waals surface area contributed by atoms with E-state index < -0.39 is 0 Å². The third-order valence-electron chi connectivity index (χ3n) is 2.45. The predicted octanol–water partition coefficient (Wildman–Crippen LogP) is 2.62. The number of nitrogens with one attached hydrogen (secondary N) is 1. The number of ether oxygens (including phenoxy) is 1. The summed E-state index contributed by atoms with van der Waals surface area (Å²) < 4.78 is 5.21. The molecule has 1 rings (SSSR count). The van der Waals surface area contributed by atoms with Crippen LogP contribution in [0.15, 0.2) is 24.3 Å². The Labute approximate surface area is 92.0 Å². The zero-order valence-electron chi connectivity index (χ0n) is 9.87. The third kappa shape index (κ3) is 3.40. The zero-order chi connectivity index (χ0) is 11.3. The van der Waals surface area contributed by atoms with Crippen LogP contribution in [0.5, 0.6) is 5.75 Å². The van der Waals surface area contributed by atoms with E-state index >= 15 is 0 Å². The van der Waals surface area contributed by atoms with Crippen LogP contribution in [0.25, 0.3) is 6.08 Å². The Morgan fingerprint density at radius 2 is 2.13 bits per heavy atom. The summed E-state index contributed by atoms with van der Waals surface area (Å²) in [6.07, 6.45) is 4.26. The highest BCUT2D eigenvalue weighted by atomic mass is 16.5. The molecule has 0 fully saturated rings. The molecule has 1 N–H and O–H groups in total. The van der Waals surface area contributed by atoms with Crippen LogP contribution < -0.4 is 10.1 Å². The molecule has 0 spiro atoms. The van der Waals surface area contributed by atoms with Crippen LogP contribution in [0.2, 0.25) is 0 Å². The number of benzene rings is 1. The minimum Gasteiger partial charge on any atom is -0.496 e. The topological polar surface area (TPSA) is 21.3 Å². The molecule has 0 aliphatic heterocycles. The van der Waals surface area contributed by atoms with Gasteiger partial charge in [-0.2, -0.15) is 0 Å². The number of likely N-dealkylation sites (N-methyl/N-ethyl adjacent to an activating group) is 1. The molecule has 0 aliphatic rings. The first-order chi connectivity index (χ1) is 7.17. The molecule has 1 unspecified atom stereocenters. The summed E-state index contributed by atoms with van der Waals surface area (Å²) in [5.74, 6) is 0.939. The minimum atomic E-state index is 0.396. The Morgan fingerprint density at radius 1 is 1.40 bits per heavy atom.